The Labute approximate surface area is 107 Å². The molecule has 0 radical (unpaired) electrons. The molecule has 1 aromatic heterocycles. The first-order valence-corrected chi connectivity index (χ1v) is 5.73. The average molecular weight is 292 g/mol. The Morgan fingerprint density at radius 1 is 1.29 bits per heavy atom. The van der Waals surface area contributed by atoms with Gasteiger partial charge in [0, 0.05) is 16.4 Å². The second kappa shape index (κ2) is 4.97. The molecule has 0 aliphatic heterocycles. The van der Waals surface area contributed by atoms with E-state index in [1.807, 2.05) is 30.3 Å². The van der Waals surface area contributed by atoms with E-state index in [4.69, 9.17) is 5.73 Å². The standard InChI is InChI=1S/C12H10BrN3O/c13-10-7-15-11(14)6-9(10)12(17)16-8-4-2-1-3-5-8/h1-7H,(H2,14,15)(H,16,17). The predicted molar refractivity (Wildman–Crippen MR) is 70.7 cm³/mol. The molecule has 2 aromatic rings. The summed E-state index contributed by atoms with van der Waals surface area (Å²) in [6.45, 7) is 0. The van der Waals surface area contributed by atoms with E-state index in [-0.39, 0.29) is 5.91 Å². The third-order valence-corrected chi connectivity index (χ3v) is 2.78. The van der Waals surface area contributed by atoms with Crippen LogP contribution in [0.4, 0.5) is 11.5 Å². The van der Waals surface area contributed by atoms with E-state index in [9.17, 15) is 4.79 Å². The quantitative estimate of drug-likeness (QED) is 0.894. The van der Waals surface area contributed by atoms with Crippen molar-refractivity contribution in [3.05, 3.63) is 52.6 Å². The van der Waals surface area contributed by atoms with Gasteiger partial charge in [-0.3, -0.25) is 4.79 Å². The van der Waals surface area contributed by atoms with Crippen molar-refractivity contribution in [2.75, 3.05) is 11.1 Å². The summed E-state index contributed by atoms with van der Waals surface area (Å²) in [6, 6.07) is 10.8. The maximum Gasteiger partial charge on any atom is 0.257 e. The Kier molecular flexibility index (Phi) is 3.39. The first kappa shape index (κ1) is 11.6. The number of halogens is 1. The molecule has 3 N–H and O–H groups in total. The van der Waals surface area contributed by atoms with E-state index in [2.05, 4.69) is 26.2 Å². The topological polar surface area (TPSA) is 68.0 Å². The molecule has 1 heterocycles. The molecule has 0 aliphatic carbocycles. The monoisotopic (exact) mass is 291 g/mol. The zero-order valence-electron chi connectivity index (χ0n) is 8.85. The lowest BCUT2D eigenvalue weighted by atomic mass is 10.2. The van der Waals surface area contributed by atoms with Crippen LogP contribution in [0.3, 0.4) is 0 Å². The number of nitrogens with one attached hydrogen (secondary N) is 1. The Morgan fingerprint density at radius 3 is 2.71 bits per heavy atom. The first-order chi connectivity index (χ1) is 8.16. The number of nitrogen functional groups attached to an aromatic ring is 1. The summed E-state index contributed by atoms with van der Waals surface area (Å²) >= 11 is 3.27. The van der Waals surface area contributed by atoms with Gasteiger partial charge in [0.1, 0.15) is 5.82 Å². The fraction of sp³-hybridized carbons (Fsp3) is 0. The number of nitrogens with zero attached hydrogens (tertiary/aromatic N) is 1. The van der Waals surface area contributed by atoms with Crippen molar-refractivity contribution < 1.29 is 4.79 Å². The molecule has 0 fully saturated rings. The largest absolute Gasteiger partial charge is 0.384 e. The molecule has 4 nitrogen and oxygen atoms in total. The second-order valence-corrected chi connectivity index (χ2v) is 4.26. The molecular weight excluding hydrogens is 282 g/mol. The summed E-state index contributed by atoms with van der Waals surface area (Å²) < 4.78 is 0.611. The third kappa shape index (κ3) is 2.82. The van der Waals surface area contributed by atoms with Crippen LogP contribution in [0.1, 0.15) is 10.4 Å². The lowest BCUT2D eigenvalue weighted by Gasteiger charge is -2.06. The molecule has 0 unspecified atom stereocenters. The SMILES string of the molecule is Nc1cc(C(=O)Nc2ccccc2)c(Br)cn1. The highest BCUT2D eigenvalue weighted by molar-refractivity contribution is 9.10. The van der Waals surface area contributed by atoms with E-state index in [1.165, 1.54) is 12.3 Å². The molecule has 1 amide bonds. The van der Waals surface area contributed by atoms with Gasteiger partial charge in [-0.05, 0) is 34.1 Å². The number of aromatic nitrogens is 1. The number of carbonyl (C=O) groups is 1. The number of nitrogens with two attached hydrogens (primary N) is 1. The smallest absolute Gasteiger partial charge is 0.257 e. The molecular formula is C12H10BrN3O. The molecule has 5 heteroatoms. The number of hydrogen-bond donors (Lipinski definition) is 2. The number of amides is 1. The Morgan fingerprint density at radius 2 is 2.00 bits per heavy atom. The second-order valence-electron chi connectivity index (χ2n) is 3.41. The molecule has 0 atom stereocenters. The van der Waals surface area contributed by atoms with Gasteiger partial charge in [-0.25, -0.2) is 4.98 Å². The molecule has 17 heavy (non-hydrogen) atoms. The minimum Gasteiger partial charge on any atom is -0.384 e. The normalized spacial score (nSPS) is 9.94. The average Bonchev–Trinajstić information content (AvgIpc) is 2.33. The van der Waals surface area contributed by atoms with Crippen LogP contribution < -0.4 is 11.1 Å². The van der Waals surface area contributed by atoms with Crippen molar-refractivity contribution in [2.24, 2.45) is 0 Å². The van der Waals surface area contributed by atoms with Crippen molar-refractivity contribution in [1.82, 2.24) is 4.98 Å². The van der Waals surface area contributed by atoms with Gasteiger partial charge in [0.25, 0.3) is 5.91 Å². The van der Waals surface area contributed by atoms with Gasteiger partial charge in [0.2, 0.25) is 0 Å². The number of hydrogen-bond acceptors (Lipinski definition) is 3. The number of anilines is 2. The van der Waals surface area contributed by atoms with Crippen molar-refractivity contribution in [2.45, 2.75) is 0 Å². The highest BCUT2D eigenvalue weighted by atomic mass is 79.9. The van der Waals surface area contributed by atoms with Gasteiger partial charge >= 0.3 is 0 Å². The number of benzene rings is 1. The van der Waals surface area contributed by atoms with Crippen molar-refractivity contribution in [3.8, 4) is 0 Å². The van der Waals surface area contributed by atoms with Gasteiger partial charge in [-0.2, -0.15) is 0 Å². The van der Waals surface area contributed by atoms with Crippen molar-refractivity contribution >= 4 is 33.3 Å². The summed E-state index contributed by atoms with van der Waals surface area (Å²) in [6.07, 6.45) is 1.51. The predicted octanol–water partition coefficient (Wildman–Crippen LogP) is 2.68. The van der Waals surface area contributed by atoms with Crippen LogP contribution in [0.15, 0.2) is 47.1 Å². The van der Waals surface area contributed by atoms with Gasteiger partial charge in [0.15, 0.2) is 0 Å². The molecule has 0 saturated carbocycles. The molecule has 86 valence electrons. The Bertz CT molecular complexity index is 543. The summed E-state index contributed by atoms with van der Waals surface area (Å²) in [7, 11) is 0. The zero-order chi connectivity index (χ0) is 12.3. The number of carbonyl (C=O) groups excluding carboxylic acids is 1. The number of rotatable bonds is 2. The Hall–Kier alpha value is -1.88. The lowest BCUT2D eigenvalue weighted by molar-refractivity contribution is 0.102. The molecule has 0 bridgehead atoms. The van der Waals surface area contributed by atoms with Crippen molar-refractivity contribution in [3.63, 3.8) is 0 Å². The molecule has 0 saturated heterocycles. The molecule has 0 spiro atoms. The van der Waals surface area contributed by atoms with Crippen LogP contribution in [0.5, 0.6) is 0 Å². The zero-order valence-corrected chi connectivity index (χ0v) is 10.4. The van der Waals surface area contributed by atoms with Crippen LogP contribution in [0.2, 0.25) is 0 Å². The molecule has 0 aliphatic rings. The van der Waals surface area contributed by atoms with E-state index in [0.717, 1.165) is 5.69 Å². The van der Waals surface area contributed by atoms with E-state index < -0.39 is 0 Å². The van der Waals surface area contributed by atoms with Gasteiger partial charge in [-0.15, -0.1) is 0 Å². The molecule has 1 aromatic carbocycles. The summed E-state index contributed by atoms with van der Waals surface area (Å²) in [5.74, 6) is 0.0867. The first-order valence-electron chi connectivity index (χ1n) is 4.94. The lowest BCUT2D eigenvalue weighted by Crippen LogP contribution is -2.13. The summed E-state index contributed by atoms with van der Waals surface area (Å²) in [5.41, 5.74) is 6.74. The maximum atomic E-state index is 12.0. The van der Waals surface area contributed by atoms with E-state index >= 15 is 0 Å². The van der Waals surface area contributed by atoms with Crippen LogP contribution in [-0.2, 0) is 0 Å². The van der Waals surface area contributed by atoms with Crippen LogP contribution in [-0.4, -0.2) is 10.9 Å². The van der Waals surface area contributed by atoms with E-state index in [0.29, 0.717) is 15.9 Å². The van der Waals surface area contributed by atoms with Crippen LogP contribution in [0.25, 0.3) is 0 Å². The highest BCUT2D eigenvalue weighted by Crippen LogP contribution is 2.18. The van der Waals surface area contributed by atoms with Gasteiger partial charge in [-0.1, -0.05) is 18.2 Å². The maximum absolute atomic E-state index is 12.0. The fourth-order valence-corrected chi connectivity index (χ4v) is 1.75. The highest BCUT2D eigenvalue weighted by Gasteiger charge is 2.11. The fourth-order valence-electron chi connectivity index (χ4n) is 1.35. The van der Waals surface area contributed by atoms with Gasteiger partial charge in [0.05, 0.1) is 5.56 Å². The Balaban J connectivity index is 2.23. The number of para-hydroxylation sites is 1. The minimum absolute atomic E-state index is 0.225. The minimum atomic E-state index is -0.225. The third-order valence-electron chi connectivity index (χ3n) is 2.15. The van der Waals surface area contributed by atoms with Crippen molar-refractivity contribution in [1.29, 1.82) is 0 Å². The number of pyridine rings is 1. The molecule has 2 rings (SSSR count). The van der Waals surface area contributed by atoms with Crippen LogP contribution >= 0.6 is 15.9 Å². The summed E-state index contributed by atoms with van der Waals surface area (Å²) in [5, 5.41) is 2.77. The van der Waals surface area contributed by atoms with Crippen LogP contribution in [0, 0.1) is 0 Å². The van der Waals surface area contributed by atoms with Gasteiger partial charge < -0.3 is 11.1 Å². The summed E-state index contributed by atoms with van der Waals surface area (Å²) in [4.78, 5) is 15.8. The van der Waals surface area contributed by atoms with E-state index in [1.54, 1.807) is 0 Å².